The number of hydrogen-bond donors (Lipinski definition) is 0. The molecule has 642 valence electrons. The molecular formula is C106H160N2O6S2. The highest BCUT2D eigenvalue weighted by Gasteiger charge is 2.46. The molecule has 3 aromatic carbocycles. The van der Waals surface area contributed by atoms with Crippen LogP contribution in [0.15, 0.2) is 72.1 Å². The number of rotatable bonds is 68. The van der Waals surface area contributed by atoms with Crippen LogP contribution in [0.5, 0.6) is 11.5 Å². The zero-order valence-corrected chi connectivity index (χ0v) is 76.1. The molecule has 0 saturated carbocycles. The number of nitrogens with zero attached hydrogens (tertiary/aromatic N) is 2. The van der Waals surface area contributed by atoms with Gasteiger partial charge in [-0.2, -0.15) is 0 Å². The van der Waals surface area contributed by atoms with Crippen LogP contribution in [0, 0.1) is 11.8 Å². The van der Waals surface area contributed by atoms with Crippen LogP contribution in [0.3, 0.4) is 0 Å². The molecule has 0 radical (unpaired) electrons. The fourth-order valence-electron chi connectivity index (χ4n) is 19.1. The smallest absolute Gasteiger partial charge is 0.345 e. The van der Waals surface area contributed by atoms with E-state index in [4.69, 9.17) is 9.47 Å². The predicted octanol–water partition coefficient (Wildman–Crippen LogP) is 33.3. The van der Waals surface area contributed by atoms with Crippen LogP contribution >= 0.6 is 22.7 Å². The summed E-state index contributed by atoms with van der Waals surface area (Å²) < 4.78 is 12.7. The van der Waals surface area contributed by atoms with Crippen LogP contribution < -0.4 is 19.3 Å². The fraction of sp³-hybridized carbons (Fsp3) is 0.679. The average molecular weight is 1620 g/mol. The zero-order chi connectivity index (χ0) is 81.6. The average Bonchev–Trinajstić information content (AvgIpc) is 1.56. The number of hydrogen-bond acceptors (Lipinski definition) is 8. The number of amides is 2. The molecule has 10 heteroatoms. The number of carbonyl (C=O) groups is 4. The van der Waals surface area contributed by atoms with E-state index in [0.717, 1.165) is 98.7 Å². The number of thiophene rings is 2. The van der Waals surface area contributed by atoms with Crippen molar-refractivity contribution in [2.45, 2.75) is 440 Å². The van der Waals surface area contributed by atoms with Crippen LogP contribution in [0.4, 0.5) is 11.4 Å². The number of aryl methyl sites for hydroxylation is 2. The van der Waals surface area contributed by atoms with Crippen LogP contribution in [-0.2, 0) is 32.0 Å². The van der Waals surface area contributed by atoms with E-state index in [9.17, 15) is 4.79 Å². The summed E-state index contributed by atoms with van der Waals surface area (Å²) in [5.74, 6) is -0.391. The first-order valence-electron chi connectivity index (χ1n) is 49.3. The molecule has 8 nitrogen and oxygen atoms in total. The second-order valence-electron chi connectivity index (χ2n) is 36.1. The molecule has 5 aromatic rings. The predicted molar refractivity (Wildman–Crippen MR) is 501 cm³/mol. The van der Waals surface area contributed by atoms with Crippen molar-refractivity contribution in [3.05, 3.63) is 105 Å². The maximum absolute atomic E-state index is 16.3. The number of benzene rings is 3. The molecule has 2 aromatic heterocycles. The Bertz CT molecular complexity index is 3730. The van der Waals surface area contributed by atoms with Gasteiger partial charge in [0.1, 0.15) is 11.5 Å². The number of unbranched alkanes of at least 4 members (excludes halogenated alkanes) is 50. The van der Waals surface area contributed by atoms with E-state index in [-0.39, 0.29) is 40.4 Å². The third-order valence-electron chi connectivity index (χ3n) is 26.2. The molecule has 0 spiro atoms. The number of anilines is 2. The van der Waals surface area contributed by atoms with Crippen molar-refractivity contribution in [2.24, 2.45) is 11.8 Å². The second-order valence-corrected chi connectivity index (χ2v) is 38.0. The molecule has 2 unspecified atom stereocenters. The summed E-state index contributed by atoms with van der Waals surface area (Å²) in [5.41, 5.74) is 9.10. The van der Waals surface area contributed by atoms with Gasteiger partial charge in [0, 0.05) is 50.0 Å². The summed E-state index contributed by atoms with van der Waals surface area (Å²) in [7, 11) is 0. The minimum absolute atomic E-state index is 0.172. The Kier molecular flexibility index (Phi) is 45.0. The van der Waals surface area contributed by atoms with Crippen molar-refractivity contribution in [1.29, 1.82) is 0 Å². The van der Waals surface area contributed by atoms with Gasteiger partial charge in [-0.1, -0.05) is 419 Å². The lowest BCUT2D eigenvalue weighted by Gasteiger charge is -2.25. The van der Waals surface area contributed by atoms with E-state index < -0.39 is 11.9 Å². The first-order chi connectivity index (χ1) is 57.1. The molecule has 4 aliphatic heterocycles. The molecule has 0 bridgehead atoms. The molecule has 2 amide bonds. The second kappa shape index (κ2) is 55.4. The number of ether oxygens (including phenoxy) is 2. The molecular weight excluding hydrogens is 1460 g/mol. The Morgan fingerprint density at radius 1 is 0.310 bits per heavy atom. The van der Waals surface area contributed by atoms with E-state index >= 15 is 14.4 Å². The first-order valence-corrected chi connectivity index (χ1v) is 51.0. The molecule has 4 aliphatic rings. The van der Waals surface area contributed by atoms with Gasteiger partial charge < -0.3 is 19.3 Å². The van der Waals surface area contributed by atoms with E-state index in [0.29, 0.717) is 41.3 Å². The molecule has 6 heterocycles. The van der Waals surface area contributed by atoms with Crippen LogP contribution in [0.1, 0.15) is 460 Å². The van der Waals surface area contributed by atoms with Gasteiger partial charge in [0.15, 0.2) is 0 Å². The molecule has 116 heavy (non-hydrogen) atoms. The quantitative estimate of drug-likeness (QED) is 0.0167. The number of carbonyl (C=O) groups excluding carboxylic acids is 4. The van der Waals surface area contributed by atoms with E-state index in [2.05, 4.69) is 82.2 Å². The van der Waals surface area contributed by atoms with Gasteiger partial charge in [-0.15, -0.1) is 22.7 Å². The highest BCUT2D eigenvalue weighted by atomic mass is 32.1. The fourth-order valence-corrected chi connectivity index (χ4v) is 21.3. The van der Waals surface area contributed by atoms with Crippen molar-refractivity contribution in [3.8, 4) is 31.7 Å². The Hall–Kier alpha value is -5.58. The van der Waals surface area contributed by atoms with Crippen LogP contribution in [0.25, 0.3) is 42.5 Å². The zero-order valence-electron chi connectivity index (χ0n) is 74.5. The summed E-state index contributed by atoms with van der Waals surface area (Å²) in [6.07, 6.45) is 78.6. The maximum atomic E-state index is 16.3. The van der Waals surface area contributed by atoms with Gasteiger partial charge in [-0.05, 0) is 122 Å². The van der Waals surface area contributed by atoms with Crippen LogP contribution in [0.2, 0.25) is 0 Å². The van der Waals surface area contributed by atoms with Crippen molar-refractivity contribution in [2.75, 3.05) is 22.9 Å². The first kappa shape index (κ1) is 94.3. The van der Waals surface area contributed by atoms with Crippen LogP contribution in [-0.4, -0.2) is 36.8 Å². The minimum atomic E-state index is -0.593. The highest BCUT2D eigenvalue weighted by Crippen LogP contribution is 2.54. The molecule has 2 atom stereocenters. The van der Waals surface area contributed by atoms with Crippen molar-refractivity contribution < 1.29 is 28.7 Å². The summed E-state index contributed by atoms with van der Waals surface area (Å²) in [6, 6.07) is 23.1. The Morgan fingerprint density at radius 3 is 1.03 bits per heavy atom. The Balaban J connectivity index is 1.03. The number of esters is 2. The third kappa shape index (κ3) is 30.2. The lowest BCUT2D eigenvalue weighted by Crippen LogP contribution is -2.32. The van der Waals surface area contributed by atoms with Gasteiger partial charge in [0.2, 0.25) is 0 Å². The largest absolute Gasteiger partial charge is 0.422 e. The third-order valence-corrected chi connectivity index (χ3v) is 28.6. The van der Waals surface area contributed by atoms with Gasteiger partial charge in [0.25, 0.3) is 11.8 Å². The summed E-state index contributed by atoms with van der Waals surface area (Å²) >= 11 is 3.81. The molecule has 0 N–H and O–H groups in total. The molecule has 0 aliphatic carbocycles. The highest BCUT2D eigenvalue weighted by molar-refractivity contribution is 7.23. The lowest BCUT2D eigenvalue weighted by atomic mass is 9.92. The molecule has 0 saturated heterocycles. The standard InChI is InChI=1S/C106H160N2O6S2/c1-7-13-19-25-31-37-41-47-53-58-66-83(65-57-51-45-35-29-23-17-11-5)80-107-92-72-64-63-71-88(92)98(103(107)109)100-90-78-95-91(79-94(90)113-105(100)111)101(106(112)114-95)99-89-74-73-87(76-93(89)108(104(99)110)81-84(67-59-52-46-36-30-24-18-12-6)68-60-54-48-42-38-32-26-20-14-8-2)102-86(70-62-56-50-44-40-34-28-22-16-10-4)77-97(116-102)96-75-85(82-115-96)69-61-55-49-43-39-33-27-21-15-9-3/h63-64,71-79,82-84H,7-62,65-70,80-81H2,1-6H3/b100-98-,101-99+. The monoisotopic (exact) mass is 1620 g/mol. The van der Waals surface area contributed by atoms with Gasteiger partial charge in [0.05, 0.1) is 33.7 Å². The molecule has 9 rings (SSSR count). The summed E-state index contributed by atoms with van der Waals surface area (Å²) in [6.45, 7) is 14.9. The van der Waals surface area contributed by atoms with Gasteiger partial charge in [-0.3, -0.25) is 9.59 Å². The van der Waals surface area contributed by atoms with Crippen molar-refractivity contribution >= 4 is 80.1 Å². The Labute approximate surface area is 715 Å². The minimum Gasteiger partial charge on any atom is -0.422 e. The summed E-state index contributed by atoms with van der Waals surface area (Å²) in [4.78, 5) is 69.7. The Morgan fingerprint density at radius 2 is 0.647 bits per heavy atom. The van der Waals surface area contributed by atoms with Crippen molar-refractivity contribution in [1.82, 2.24) is 0 Å². The molecule has 0 fully saturated rings. The number of para-hydroxylation sites is 1. The normalized spacial score (nSPS) is 15.5. The topological polar surface area (TPSA) is 93.2 Å². The van der Waals surface area contributed by atoms with E-state index in [1.165, 1.54) is 353 Å². The van der Waals surface area contributed by atoms with Gasteiger partial charge in [-0.25, -0.2) is 9.59 Å². The van der Waals surface area contributed by atoms with E-state index in [1.807, 2.05) is 51.8 Å². The van der Waals surface area contributed by atoms with Crippen molar-refractivity contribution in [3.63, 3.8) is 0 Å². The lowest BCUT2D eigenvalue weighted by molar-refractivity contribution is -0.127. The maximum Gasteiger partial charge on any atom is 0.345 e. The number of fused-ring (bicyclic) bond motifs is 4. The SMILES string of the molecule is CCCCCCCCCCCCc1csc(-c2cc(CCCCCCCCCCCC)c(-c3ccc4c(c3)N(CC(CCCCCCCCCC)CCCCCCCCCCCC)C(=O)/C4=C3/C(=O)Oc4cc5c(cc43)OC(=O)/C5=C3\C(=O)N(CC(CCCCCCCCCC)CCCCCCCCCCCC)c4ccccc43)s2)c1. The van der Waals surface area contributed by atoms with E-state index in [1.54, 1.807) is 12.1 Å². The van der Waals surface area contributed by atoms with Gasteiger partial charge >= 0.3 is 11.9 Å². The summed E-state index contributed by atoms with van der Waals surface area (Å²) in [5, 5.41) is 2.41.